The minimum Gasteiger partial charge on any atom is -0.493 e. The Morgan fingerprint density at radius 1 is 1.02 bits per heavy atom. The van der Waals surface area contributed by atoms with E-state index >= 15 is 0 Å². The molecule has 0 saturated carbocycles. The Hall–Kier alpha value is -3.72. The van der Waals surface area contributed by atoms with Crippen LogP contribution in [0.25, 0.3) is 11.1 Å². The highest BCUT2D eigenvalue weighted by molar-refractivity contribution is 5.95. The fraction of sp³-hybridized carbons (Fsp3) is 0.571. The molecular formula is C35H52F3N5O6. The van der Waals surface area contributed by atoms with Crippen molar-refractivity contribution >= 4 is 17.8 Å². The van der Waals surface area contributed by atoms with E-state index in [1.807, 2.05) is 6.07 Å². The molecule has 49 heavy (non-hydrogen) atoms. The zero-order chi connectivity index (χ0) is 36.1. The third kappa shape index (κ3) is 16.5. The van der Waals surface area contributed by atoms with Crippen molar-refractivity contribution in [3.8, 4) is 16.9 Å². The molecule has 5 N–H and O–H groups in total. The number of unbranched alkanes of at least 4 members (excludes halogenated alkanes) is 1. The van der Waals surface area contributed by atoms with Gasteiger partial charge in [0.15, 0.2) is 5.96 Å². The number of halogens is 3. The van der Waals surface area contributed by atoms with Crippen LogP contribution in [-0.4, -0.2) is 100 Å². The topological polar surface area (TPSA) is 145 Å². The summed E-state index contributed by atoms with van der Waals surface area (Å²) in [7, 11) is 3.46. The molecule has 1 unspecified atom stereocenters. The van der Waals surface area contributed by atoms with E-state index in [0.29, 0.717) is 38.6 Å². The second kappa shape index (κ2) is 22.8. The van der Waals surface area contributed by atoms with Gasteiger partial charge in [-0.2, -0.15) is 13.2 Å². The maximum atomic E-state index is 12.4. The van der Waals surface area contributed by atoms with Gasteiger partial charge >= 0.3 is 12.1 Å². The summed E-state index contributed by atoms with van der Waals surface area (Å²) in [6.45, 7) is 8.82. The normalized spacial score (nSPS) is 14.8. The third-order valence-electron chi connectivity index (χ3n) is 7.78. The smallest absolute Gasteiger partial charge is 0.490 e. The van der Waals surface area contributed by atoms with Crippen molar-refractivity contribution in [1.29, 1.82) is 5.41 Å². The number of rotatable bonds is 18. The van der Waals surface area contributed by atoms with E-state index in [2.05, 4.69) is 64.2 Å². The molecule has 1 amide bonds. The Morgan fingerprint density at radius 3 is 2.35 bits per heavy atom. The first-order valence-corrected chi connectivity index (χ1v) is 16.7. The Balaban J connectivity index is 0.00000107. The minimum absolute atomic E-state index is 0.0629. The molecule has 3 rings (SSSR count). The van der Waals surface area contributed by atoms with Gasteiger partial charge in [-0.1, -0.05) is 49.7 Å². The predicted molar refractivity (Wildman–Crippen MR) is 183 cm³/mol. The molecular weight excluding hydrogens is 643 g/mol. The van der Waals surface area contributed by atoms with Crippen LogP contribution in [0.3, 0.4) is 0 Å². The van der Waals surface area contributed by atoms with Crippen molar-refractivity contribution in [2.75, 3.05) is 60.2 Å². The Bertz CT molecular complexity index is 1280. The lowest BCUT2D eigenvalue weighted by Gasteiger charge is -2.36. The summed E-state index contributed by atoms with van der Waals surface area (Å²) in [5, 5.41) is 24.1. The number of carboxylic acid groups (broad SMARTS) is 1. The number of hydrogen-bond acceptors (Lipinski definition) is 8. The lowest BCUT2D eigenvalue weighted by atomic mass is 9.99. The van der Waals surface area contributed by atoms with Crippen molar-refractivity contribution in [2.24, 2.45) is 0 Å². The summed E-state index contributed by atoms with van der Waals surface area (Å²) in [5.41, 5.74) is 4.47. The second-order valence-corrected chi connectivity index (χ2v) is 11.7. The van der Waals surface area contributed by atoms with Crippen LogP contribution in [0, 0.1) is 5.41 Å². The van der Waals surface area contributed by atoms with E-state index < -0.39 is 12.1 Å². The molecule has 2 aromatic rings. The van der Waals surface area contributed by atoms with Gasteiger partial charge in [0.2, 0.25) is 5.91 Å². The van der Waals surface area contributed by atoms with Crippen LogP contribution in [0.2, 0.25) is 0 Å². The SMILES string of the molecule is CCCCNC(=N)NC(=O)CCc1ccc(-c2ccc(CN3CCNCC3CCCOC)cc2)c(OCCCOC)c1.O=C(O)C(F)(F)F. The number of carboxylic acids is 1. The fourth-order valence-electron chi connectivity index (χ4n) is 5.14. The van der Waals surface area contributed by atoms with Gasteiger partial charge in [0.05, 0.1) is 6.61 Å². The van der Waals surface area contributed by atoms with Crippen molar-refractivity contribution in [2.45, 2.75) is 70.6 Å². The van der Waals surface area contributed by atoms with Crippen molar-refractivity contribution < 1.29 is 42.1 Å². The number of carbonyl (C=O) groups excluding carboxylic acids is 1. The maximum absolute atomic E-state index is 12.4. The number of amides is 1. The molecule has 14 heteroatoms. The van der Waals surface area contributed by atoms with Crippen LogP contribution >= 0.6 is 0 Å². The molecule has 0 spiro atoms. The molecule has 11 nitrogen and oxygen atoms in total. The molecule has 0 aromatic heterocycles. The van der Waals surface area contributed by atoms with Crippen molar-refractivity contribution in [3.63, 3.8) is 0 Å². The summed E-state index contributed by atoms with van der Waals surface area (Å²) in [5.74, 6) is -2.05. The molecule has 1 aliphatic heterocycles. The first-order chi connectivity index (χ1) is 23.5. The van der Waals surface area contributed by atoms with Gasteiger partial charge in [-0.05, 0) is 48.4 Å². The minimum atomic E-state index is -5.08. The van der Waals surface area contributed by atoms with Gasteiger partial charge in [0.1, 0.15) is 5.75 Å². The number of carbonyl (C=O) groups is 2. The van der Waals surface area contributed by atoms with Crippen LogP contribution in [0.1, 0.15) is 56.6 Å². The van der Waals surface area contributed by atoms with E-state index in [0.717, 1.165) is 87.3 Å². The quantitative estimate of drug-likeness (QED) is 0.0829. The molecule has 0 aliphatic carbocycles. The van der Waals surface area contributed by atoms with Crippen molar-refractivity contribution in [3.05, 3.63) is 53.6 Å². The number of methoxy groups -OCH3 is 2. The number of alkyl halides is 3. The second-order valence-electron chi connectivity index (χ2n) is 11.7. The van der Waals surface area contributed by atoms with E-state index in [1.165, 1.54) is 5.56 Å². The van der Waals surface area contributed by atoms with Gasteiger partial charge in [-0.15, -0.1) is 0 Å². The van der Waals surface area contributed by atoms with Crippen LogP contribution in [0.4, 0.5) is 13.2 Å². The van der Waals surface area contributed by atoms with Gasteiger partial charge in [-0.3, -0.25) is 20.4 Å². The number of hydrogen-bond donors (Lipinski definition) is 5. The fourth-order valence-corrected chi connectivity index (χ4v) is 5.14. The highest BCUT2D eigenvalue weighted by Gasteiger charge is 2.38. The number of ether oxygens (including phenoxy) is 3. The van der Waals surface area contributed by atoms with E-state index in [9.17, 15) is 18.0 Å². The summed E-state index contributed by atoms with van der Waals surface area (Å²) < 4.78 is 48.4. The highest BCUT2D eigenvalue weighted by Crippen LogP contribution is 2.32. The number of nitrogens with one attached hydrogen (secondary N) is 4. The lowest BCUT2D eigenvalue weighted by Crippen LogP contribution is -2.50. The lowest BCUT2D eigenvalue weighted by molar-refractivity contribution is -0.192. The molecule has 0 bridgehead atoms. The number of benzene rings is 2. The monoisotopic (exact) mass is 695 g/mol. The number of aryl methyl sites for hydroxylation is 1. The molecule has 1 heterocycles. The summed E-state index contributed by atoms with van der Waals surface area (Å²) >= 11 is 0. The van der Waals surface area contributed by atoms with Gasteiger partial charge in [0.25, 0.3) is 0 Å². The largest absolute Gasteiger partial charge is 0.493 e. The standard InChI is InChI=1S/C33H51N5O4.C2HF3O2/c1-4-5-17-36-33(34)37-32(39)16-12-26-11-15-30(31(23-26)42-22-7-21-41-3)28-13-9-27(10-14-28)25-38-19-18-35-24-29(38)8-6-20-40-2;3-2(4,5)1(6)7/h9-11,13-15,23,29,35H,4-8,12,16-22,24-25H2,1-3H3,(H3,34,36,37,39);(H,6,7). The number of nitrogens with zero attached hydrogens (tertiary/aromatic N) is 1. The average Bonchev–Trinajstić information content (AvgIpc) is 3.07. The number of aliphatic carboxylic acids is 1. The molecule has 1 atom stereocenters. The Morgan fingerprint density at radius 2 is 1.69 bits per heavy atom. The molecule has 274 valence electrons. The molecule has 2 aromatic carbocycles. The molecule has 1 fully saturated rings. The van der Waals surface area contributed by atoms with E-state index in [-0.39, 0.29) is 11.9 Å². The van der Waals surface area contributed by atoms with Crippen molar-refractivity contribution in [1.82, 2.24) is 20.9 Å². The number of piperazine rings is 1. The molecule has 1 saturated heterocycles. The third-order valence-corrected chi connectivity index (χ3v) is 7.78. The van der Waals surface area contributed by atoms with Gasteiger partial charge < -0.3 is 30.0 Å². The zero-order valence-electron chi connectivity index (χ0n) is 28.8. The van der Waals surface area contributed by atoms with E-state index in [4.69, 9.17) is 29.5 Å². The molecule has 0 radical (unpaired) electrons. The first kappa shape index (κ1) is 41.5. The Kier molecular flexibility index (Phi) is 19.3. The van der Waals surface area contributed by atoms with Crippen LogP contribution in [0.15, 0.2) is 42.5 Å². The van der Waals surface area contributed by atoms with Crippen LogP contribution in [0.5, 0.6) is 5.75 Å². The van der Waals surface area contributed by atoms with E-state index in [1.54, 1.807) is 14.2 Å². The van der Waals surface area contributed by atoms with Crippen LogP contribution in [-0.2, 0) is 32.0 Å². The summed E-state index contributed by atoms with van der Waals surface area (Å²) in [6.07, 6.45) is 0.792. The van der Waals surface area contributed by atoms with Gasteiger partial charge in [-0.25, -0.2) is 4.79 Å². The Labute approximate surface area is 287 Å². The predicted octanol–water partition coefficient (Wildman–Crippen LogP) is 4.98. The summed E-state index contributed by atoms with van der Waals surface area (Å²) in [4.78, 5) is 23.9. The number of guanidine groups is 1. The highest BCUT2D eigenvalue weighted by atomic mass is 19.4. The average molecular weight is 696 g/mol. The first-order valence-electron chi connectivity index (χ1n) is 16.7. The molecule has 1 aliphatic rings. The maximum Gasteiger partial charge on any atom is 0.490 e. The zero-order valence-corrected chi connectivity index (χ0v) is 28.8. The van der Waals surface area contributed by atoms with Crippen LogP contribution < -0.4 is 20.7 Å². The summed E-state index contributed by atoms with van der Waals surface area (Å²) in [6, 6.07) is 15.5. The van der Waals surface area contributed by atoms with Gasteiger partial charge in [0, 0.05) is 84.6 Å².